The molecule has 2 aromatic rings. The number of amides is 2. The fourth-order valence-electron chi connectivity index (χ4n) is 3.88. The summed E-state index contributed by atoms with van der Waals surface area (Å²) >= 11 is 5.94. The lowest BCUT2D eigenvalue weighted by molar-refractivity contribution is -0.178. The van der Waals surface area contributed by atoms with Gasteiger partial charge in [-0.05, 0) is 35.6 Å². The third kappa shape index (κ3) is 5.31. The van der Waals surface area contributed by atoms with Gasteiger partial charge in [0.2, 0.25) is 0 Å². The SMILES string of the molecule is C[C@H](C(=O)N1C(=O)O[C@H](c2ccccc2)[C@H](C)N1CC(C)(C)C)[C@H](O)c1ccc(Cl)cc1. The second-order valence-corrected chi connectivity index (χ2v) is 9.99. The number of rotatable bonds is 5. The van der Waals surface area contributed by atoms with Gasteiger partial charge in [-0.15, -0.1) is 0 Å². The lowest BCUT2D eigenvalue weighted by Crippen LogP contribution is -2.62. The van der Waals surface area contributed by atoms with Gasteiger partial charge in [0.15, 0.2) is 0 Å². The number of halogens is 1. The number of hydrogen-bond donors (Lipinski definition) is 1. The third-order valence-corrected chi connectivity index (χ3v) is 5.87. The summed E-state index contributed by atoms with van der Waals surface area (Å²) < 4.78 is 5.74. The maximum Gasteiger partial charge on any atom is 0.432 e. The van der Waals surface area contributed by atoms with Crippen LogP contribution in [0.3, 0.4) is 0 Å². The van der Waals surface area contributed by atoms with Gasteiger partial charge in [0.1, 0.15) is 6.10 Å². The molecule has 4 atom stereocenters. The molecule has 0 aliphatic carbocycles. The number of ether oxygens (including phenoxy) is 1. The van der Waals surface area contributed by atoms with Crippen LogP contribution in [0.1, 0.15) is 58.0 Å². The molecule has 2 amide bonds. The average Bonchev–Trinajstić information content (AvgIpc) is 2.75. The second-order valence-electron chi connectivity index (χ2n) is 9.55. The van der Waals surface area contributed by atoms with Gasteiger partial charge < -0.3 is 9.84 Å². The Labute approximate surface area is 194 Å². The van der Waals surface area contributed by atoms with Crippen LogP contribution in [0.5, 0.6) is 0 Å². The number of benzene rings is 2. The topological polar surface area (TPSA) is 70.1 Å². The van der Waals surface area contributed by atoms with Gasteiger partial charge in [-0.25, -0.2) is 9.80 Å². The van der Waals surface area contributed by atoms with Crippen molar-refractivity contribution in [2.75, 3.05) is 6.54 Å². The van der Waals surface area contributed by atoms with E-state index in [2.05, 4.69) is 0 Å². The number of imide groups is 1. The summed E-state index contributed by atoms with van der Waals surface area (Å²) in [6.45, 7) is 10.2. The van der Waals surface area contributed by atoms with Crippen LogP contribution in [0.4, 0.5) is 4.79 Å². The first-order valence-electron chi connectivity index (χ1n) is 10.8. The Balaban J connectivity index is 1.91. The molecule has 32 heavy (non-hydrogen) atoms. The van der Waals surface area contributed by atoms with Crippen molar-refractivity contribution >= 4 is 23.6 Å². The molecular weight excluding hydrogens is 428 g/mol. The molecule has 7 heteroatoms. The van der Waals surface area contributed by atoms with Crippen LogP contribution < -0.4 is 0 Å². The standard InChI is InChI=1S/C25H31ClN2O4/c1-16(21(29)18-11-13-20(26)14-12-18)23(30)28-24(31)32-22(19-9-7-6-8-10-19)17(2)27(28)15-25(3,4)5/h6-14,16-17,21-22,29H,15H2,1-5H3/t16-,17-,21-,22-/m0/s1. The zero-order valence-electron chi connectivity index (χ0n) is 19.2. The summed E-state index contributed by atoms with van der Waals surface area (Å²) in [4.78, 5) is 26.6. The smallest absolute Gasteiger partial charge is 0.432 e. The van der Waals surface area contributed by atoms with Gasteiger partial charge in [0.05, 0.1) is 18.1 Å². The highest BCUT2D eigenvalue weighted by Gasteiger charge is 2.46. The van der Waals surface area contributed by atoms with Crippen LogP contribution in [0.15, 0.2) is 54.6 Å². The number of aliphatic hydroxyl groups excluding tert-OH is 1. The summed E-state index contributed by atoms with van der Waals surface area (Å²) in [5.41, 5.74) is 1.23. The van der Waals surface area contributed by atoms with E-state index in [-0.39, 0.29) is 11.5 Å². The Morgan fingerprint density at radius 1 is 1.12 bits per heavy atom. The van der Waals surface area contributed by atoms with Gasteiger partial charge in [-0.1, -0.05) is 81.8 Å². The highest BCUT2D eigenvalue weighted by Crippen LogP contribution is 2.35. The molecule has 2 aromatic carbocycles. The fraction of sp³-hybridized carbons (Fsp3) is 0.440. The maximum absolute atomic E-state index is 13.5. The summed E-state index contributed by atoms with van der Waals surface area (Å²) in [5.74, 6) is -1.38. The number of nitrogens with zero attached hydrogens (tertiary/aromatic N) is 2. The minimum absolute atomic E-state index is 0.191. The largest absolute Gasteiger partial charge is 0.438 e. The Kier molecular flexibility index (Phi) is 7.28. The molecule has 0 saturated carbocycles. The summed E-state index contributed by atoms with van der Waals surface area (Å²) in [5, 5.41) is 14.2. The zero-order valence-corrected chi connectivity index (χ0v) is 19.9. The minimum Gasteiger partial charge on any atom is -0.438 e. The Bertz CT molecular complexity index is 943. The molecule has 1 fully saturated rings. The quantitative estimate of drug-likeness (QED) is 0.651. The van der Waals surface area contributed by atoms with Gasteiger partial charge >= 0.3 is 6.09 Å². The Hall–Kier alpha value is -2.41. The molecule has 172 valence electrons. The van der Waals surface area contributed by atoms with Crippen LogP contribution in [-0.2, 0) is 9.53 Å². The van der Waals surface area contributed by atoms with Crippen LogP contribution in [0, 0.1) is 11.3 Å². The maximum atomic E-state index is 13.5. The number of hydrazine groups is 1. The molecule has 0 bridgehead atoms. The van der Waals surface area contributed by atoms with Crippen LogP contribution in [0.25, 0.3) is 0 Å². The van der Waals surface area contributed by atoms with Gasteiger partial charge in [-0.3, -0.25) is 4.79 Å². The van der Waals surface area contributed by atoms with Crippen molar-refractivity contribution in [3.63, 3.8) is 0 Å². The van der Waals surface area contributed by atoms with Crippen molar-refractivity contribution in [1.29, 1.82) is 0 Å². The summed E-state index contributed by atoms with van der Waals surface area (Å²) in [6.07, 6.45) is -2.33. The predicted octanol–water partition coefficient (Wildman–Crippen LogP) is 5.38. The first-order valence-corrected chi connectivity index (χ1v) is 11.2. The van der Waals surface area contributed by atoms with E-state index >= 15 is 0 Å². The number of carbonyl (C=O) groups is 2. The van der Waals surface area contributed by atoms with Crippen molar-refractivity contribution in [3.05, 3.63) is 70.7 Å². The number of aliphatic hydroxyl groups is 1. The monoisotopic (exact) mass is 458 g/mol. The third-order valence-electron chi connectivity index (χ3n) is 5.61. The molecule has 1 heterocycles. The van der Waals surface area contributed by atoms with Crippen molar-refractivity contribution in [2.24, 2.45) is 11.3 Å². The van der Waals surface area contributed by atoms with E-state index in [4.69, 9.17) is 16.3 Å². The lowest BCUT2D eigenvalue weighted by Gasteiger charge is -2.47. The molecule has 6 nitrogen and oxygen atoms in total. The van der Waals surface area contributed by atoms with Crippen molar-refractivity contribution < 1.29 is 19.4 Å². The van der Waals surface area contributed by atoms with E-state index in [1.165, 1.54) is 0 Å². The fourth-order valence-corrected chi connectivity index (χ4v) is 4.01. The lowest BCUT2D eigenvalue weighted by atomic mass is 9.93. The van der Waals surface area contributed by atoms with Gasteiger partial charge in [0, 0.05) is 11.6 Å². The molecule has 0 unspecified atom stereocenters. The molecule has 1 N–H and O–H groups in total. The van der Waals surface area contributed by atoms with E-state index in [0.29, 0.717) is 17.1 Å². The molecule has 0 spiro atoms. The van der Waals surface area contributed by atoms with E-state index in [1.54, 1.807) is 36.2 Å². The zero-order chi connectivity index (χ0) is 23.6. The predicted molar refractivity (Wildman–Crippen MR) is 124 cm³/mol. The van der Waals surface area contributed by atoms with E-state index < -0.39 is 30.1 Å². The average molecular weight is 459 g/mol. The van der Waals surface area contributed by atoms with E-state index in [0.717, 1.165) is 10.6 Å². The Morgan fingerprint density at radius 3 is 2.28 bits per heavy atom. The molecule has 0 aromatic heterocycles. The molecular formula is C25H31ClN2O4. The highest BCUT2D eigenvalue weighted by molar-refractivity contribution is 6.30. The van der Waals surface area contributed by atoms with Crippen molar-refractivity contribution in [1.82, 2.24) is 10.0 Å². The molecule has 1 saturated heterocycles. The van der Waals surface area contributed by atoms with Gasteiger partial charge in [-0.2, -0.15) is 5.01 Å². The summed E-state index contributed by atoms with van der Waals surface area (Å²) in [7, 11) is 0. The normalized spacial score (nSPS) is 21.7. The molecule has 1 aliphatic heterocycles. The first-order chi connectivity index (χ1) is 15.0. The molecule has 0 radical (unpaired) electrons. The number of carbonyl (C=O) groups excluding carboxylic acids is 2. The van der Waals surface area contributed by atoms with Crippen molar-refractivity contribution in [2.45, 2.75) is 52.9 Å². The van der Waals surface area contributed by atoms with E-state index in [1.807, 2.05) is 58.0 Å². The highest BCUT2D eigenvalue weighted by atomic mass is 35.5. The van der Waals surface area contributed by atoms with E-state index in [9.17, 15) is 14.7 Å². The first kappa shape index (κ1) is 24.2. The minimum atomic E-state index is -1.09. The Morgan fingerprint density at radius 2 is 1.72 bits per heavy atom. The van der Waals surface area contributed by atoms with Crippen LogP contribution >= 0.6 is 11.6 Å². The van der Waals surface area contributed by atoms with Crippen LogP contribution in [-0.4, -0.2) is 39.7 Å². The molecule has 1 aliphatic rings. The summed E-state index contributed by atoms with van der Waals surface area (Å²) in [6, 6.07) is 15.9. The van der Waals surface area contributed by atoms with Gasteiger partial charge in [0.25, 0.3) is 5.91 Å². The second kappa shape index (κ2) is 9.61. The van der Waals surface area contributed by atoms with Crippen LogP contribution in [0.2, 0.25) is 5.02 Å². The van der Waals surface area contributed by atoms with Crippen molar-refractivity contribution in [3.8, 4) is 0 Å². The molecule has 3 rings (SSSR count). The number of hydrogen-bond acceptors (Lipinski definition) is 5. The number of cyclic esters (lactones) is 1.